The van der Waals surface area contributed by atoms with Gasteiger partial charge in [0.15, 0.2) is 0 Å². The van der Waals surface area contributed by atoms with Crippen molar-refractivity contribution in [2.75, 3.05) is 26.7 Å². The van der Waals surface area contributed by atoms with Crippen molar-refractivity contribution in [3.05, 3.63) is 36.7 Å². The Labute approximate surface area is 110 Å². The molecule has 1 unspecified atom stereocenters. The first-order valence-electron chi connectivity index (χ1n) is 6.50. The molecular formula is C14H23N3O. The molecule has 0 saturated carbocycles. The zero-order chi connectivity index (χ0) is 13.1. The van der Waals surface area contributed by atoms with Crippen LogP contribution in [0.4, 0.5) is 0 Å². The summed E-state index contributed by atoms with van der Waals surface area (Å²) in [5.74, 6) is 0. The summed E-state index contributed by atoms with van der Waals surface area (Å²) < 4.78 is 5.90. The molecule has 4 nitrogen and oxygen atoms in total. The first-order valence-corrected chi connectivity index (χ1v) is 6.50. The maximum atomic E-state index is 5.90. The van der Waals surface area contributed by atoms with Crippen molar-refractivity contribution in [1.82, 2.24) is 14.9 Å². The van der Waals surface area contributed by atoms with Crippen LogP contribution in [0.15, 0.2) is 36.7 Å². The normalized spacial score (nSPS) is 25.5. The van der Waals surface area contributed by atoms with Crippen LogP contribution in [-0.2, 0) is 4.74 Å². The number of likely N-dealkylation sites (N-methyl/N-ethyl adjacent to an activating group) is 1. The molecule has 2 aliphatic heterocycles. The van der Waals surface area contributed by atoms with E-state index in [0.29, 0.717) is 6.04 Å². The molecule has 0 spiro atoms. The summed E-state index contributed by atoms with van der Waals surface area (Å²) >= 11 is 0. The number of nitrogens with zero attached hydrogens (tertiary/aromatic N) is 3. The highest BCUT2D eigenvalue weighted by molar-refractivity contribution is 5.30. The molecule has 4 heteroatoms. The third-order valence-electron chi connectivity index (χ3n) is 3.22. The van der Waals surface area contributed by atoms with Gasteiger partial charge in [-0.25, -0.2) is 0 Å². The van der Waals surface area contributed by atoms with Gasteiger partial charge in [0.2, 0.25) is 0 Å². The van der Waals surface area contributed by atoms with Gasteiger partial charge in [-0.05, 0) is 38.6 Å². The SMILES string of the molecule is C=C1C=CN(N(C(C)C)C2CN(C)CCO2)C=C1. The van der Waals surface area contributed by atoms with Gasteiger partial charge in [0, 0.05) is 31.5 Å². The number of hydrogen-bond acceptors (Lipinski definition) is 4. The smallest absolute Gasteiger partial charge is 0.140 e. The molecule has 1 fully saturated rings. The second kappa shape index (κ2) is 5.69. The summed E-state index contributed by atoms with van der Waals surface area (Å²) in [5, 5.41) is 4.36. The van der Waals surface area contributed by atoms with Gasteiger partial charge in [0.1, 0.15) is 6.23 Å². The number of morpholine rings is 1. The van der Waals surface area contributed by atoms with Gasteiger partial charge in [-0.15, -0.1) is 0 Å². The van der Waals surface area contributed by atoms with Gasteiger partial charge in [-0.1, -0.05) is 6.58 Å². The third kappa shape index (κ3) is 3.02. The predicted octanol–water partition coefficient (Wildman–Crippen LogP) is 1.80. The Morgan fingerprint density at radius 3 is 2.61 bits per heavy atom. The van der Waals surface area contributed by atoms with E-state index in [1.807, 2.05) is 24.6 Å². The predicted molar refractivity (Wildman–Crippen MR) is 73.5 cm³/mol. The Morgan fingerprint density at radius 1 is 1.39 bits per heavy atom. The van der Waals surface area contributed by atoms with Crippen LogP contribution in [-0.4, -0.2) is 53.9 Å². The van der Waals surface area contributed by atoms with Crippen LogP contribution in [0.3, 0.4) is 0 Å². The molecule has 1 atom stereocenters. The molecule has 0 bridgehead atoms. The molecule has 0 aromatic rings. The van der Waals surface area contributed by atoms with Crippen molar-refractivity contribution in [3.63, 3.8) is 0 Å². The molecule has 0 N–H and O–H groups in total. The van der Waals surface area contributed by atoms with E-state index >= 15 is 0 Å². The molecule has 1 saturated heterocycles. The van der Waals surface area contributed by atoms with Crippen LogP contribution in [0.1, 0.15) is 13.8 Å². The molecule has 18 heavy (non-hydrogen) atoms. The molecule has 2 heterocycles. The van der Waals surface area contributed by atoms with Crippen molar-refractivity contribution in [2.45, 2.75) is 26.1 Å². The summed E-state index contributed by atoms with van der Waals surface area (Å²) in [5.41, 5.74) is 1.02. The van der Waals surface area contributed by atoms with E-state index in [9.17, 15) is 0 Å². The minimum absolute atomic E-state index is 0.101. The lowest BCUT2D eigenvalue weighted by molar-refractivity contribution is -0.175. The molecule has 2 rings (SSSR count). The Morgan fingerprint density at radius 2 is 2.06 bits per heavy atom. The summed E-state index contributed by atoms with van der Waals surface area (Å²) in [6, 6.07) is 0.377. The molecule has 0 aromatic carbocycles. The number of hydrogen-bond donors (Lipinski definition) is 0. The molecule has 0 aromatic heterocycles. The first-order chi connectivity index (χ1) is 8.58. The van der Waals surface area contributed by atoms with E-state index in [4.69, 9.17) is 4.74 Å². The van der Waals surface area contributed by atoms with Gasteiger partial charge in [-0.2, -0.15) is 5.01 Å². The second-order valence-electron chi connectivity index (χ2n) is 5.15. The molecular weight excluding hydrogens is 226 g/mol. The zero-order valence-electron chi connectivity index (χ0n) is 11.5. The molecule has 0 aliphatic carbocycles. The van der Waals surface area contributed by atoms with E-state index in [2.05, 4.69) is 42.4 Å². The monoisotopic (exact) mass is 249 g/mol. The fourth-order valence-electron chi connectivity index (χ4n) is 2.27. The zero-order valence-corrected chi connectivity index (χ0v) is 11.5. The summed E-state index contributed by atoms with van der Waals surface area (Å²) in [6.07, 6.45) is 8.22. The van der Waals surface area contributed by atoms with Crippen molar-refractivity contribution in [3.8, 4) is 0 Å². The van der Waals surface area contributed by atoms with Gasteiger partial charge in [0.05, 0.1) is 6.61 Å². The standard InChI is InChI=1S/C14H23N3O/c1-12(2)17(14-11-15(4)9-10-18-14)16-7-5-13(3)6-8-16/h5-8,12,14H,3,9-11H2,1-2,4H3. The van der Waals surface area contributed by atoms with Gasteiger partial charge >= 0.3 is 0 Å². The maximum absolute atomic E-state index is 5.90. The fraction of sp³-hybridized carbons (Fsp3) is 0.571. The largest absolute Gasteiger partial charge is 0.359 e. The average molecular weight is 249 g/mol. The minimum atomic E-state index is 0.101. The number of hydrazine groups is 1. The van der Waals surface area contributed by atoms with Crippen LogP contribution in [0, 0.1) is 0 Å². The first kappa shape index (κ1) is 13.3. The molecule has 100 valence electrons. The topological polar surface area (TPSA) is 19.0 Å². The Balaban J connectivity index is 2.10. The van der Waals surface area contributed by atoms with Crippen LogP contribution < -0.4 is 0 Å². The van der Waals surface area contributed by atoms with Gasteiger partial charge < -0.3 is 9.64 Å². The summed E-state index contributed by atoms with van der Waals surface area (Å²) in [7, 11) is 2.14. The summed E-state index contributed by atoms with van der Waals surface area (Å²) in [4.78, 5) is 2.31. The van der Waals surface area contributed by atoms with Crippen LogP contribution in [0.2, 0.25) is 0 Å². The highest BCUT2D eigenvalue weighted by atomic mass is 16.5. The Kier molecular flexibility index (Phi) is 4.22. The molecule has 2 aliphatic rings. The van der Waals surface area contributed by atoms with E-state index in [-0.39, 0.29) is 6.23 Å². The van der Waals surface area contributed by atoms with Gasteiger partial charge in [-0.3, -0.25) is 5.01 Å². The van der Waals surface area contributed by atoms with E-state index in [0.717, 1.165) is 25.3 Å². The number of ether oxygens (including phenoxy) is 1. The van der Waals surface area contributed by atoms with Gasteiger partial charge in [0.25, 0.3) is 0 Å². The Bertz CT molecular complexity index is 346. The minimum Gasteiger partial charge on any atom is -0.359 e. The lowest BCUT2D eigenvalue weighted by Gasteiger charge is -2.44. The quantitative estimate of drug-likeness (QED) is 0.759. The highest BCUT2D eigenvalue weighted by Gasteiger charge is 2.29. The van der Waals surface area contributed by atoms with Crippen LogP contribution >= 0.6 is 0 Å². The van der Waals surface area contributed by atoms with Crippen molar-refractivity contribution >= 4 is 0 Å². The maximum Gasteiger partial charge on any atom is 0.140 e. The second-order valence-corrected chi connectivity index (χ2v) is 5.15. The van der Waals surface area contributed by atoms with Crippen LogP contribution in [0.25, 0.3) is 0 Å². The van der Waals surface area contributed by atoms with E-state index < -0.39 is 0 Å². The highest BCUT2D eigenvalue weighted by Crippen LogP contribution is 2.19. The number of rotatable bonds is 3. The fourth-order valence-corrected chi connectivity index (χ4v) is 2.27. The van der Waals surface area contributed by atoms with Crippen molar-refractivity contribution < 1.29 is 4.74 Å². The lowest BCUT2D eigenvalue weighted by atomic mass is 10.2. The number of allylic oxidation sites excluding steroid dienone is 3. The van der Waals surface area contributed by atoms with Crippen molar-refractivity contribution in [2.24, 2.45) is 0 Å². The molecule has 0 amide bonds. The van der Waals surface area contributed by atoms with E-state index in [1.54, 1.807) is 0 Å². The Hall–Kier alpha value is -1.10. The lowest BCUT2D eigenvalue weighted by Crippen LogP contribution is -2.56. The van der Waals surface area contributed by atoms with Crippen molar-refractivity contribution in [1.29, 1.82) is 0 Å². The van der Waals surface area contributed by atoms with Crippen LogP contribution in [0.5, 0.6) is 0 Å². The average Bonchev–Trinajstić information content (AvgIpc) is 2.32. The molecule has 0 radical (unpaired) electrons. The third-order valence-corrected chi connectivity index (χ3v) is 3.22. The van der Waals surface area contributed by atoms with E-state index in [1.165, 1.54) is 0 Å². The summed E-state index contributed by atoms with van der Waals surface area (Å²) in [6.45, 7) is 11.0.